The predicted molar refractivity (Wildman–Crippen MR) is 119 cm³/mol. The third-order valence-corrected chi connectivity index (χ3v) is 5.41. The topological polar surface area (TPSA) is 95.6 Å². The minimum Gasteiger partial charge on any atom is -0.324 e. The molecule has 0 aliphatic carbocycles. The second kappa shape index (κ2) is 8.47. The molecule has 0 aromatic heterocycles. The first-order valence-electron chi connectivity index (χ1n) is 10.1. The summed E-state index contributed by atoms with van der Waals surface area (Å²) in [5.74, 6) is -1.34. The lowest BCUT2D eigenvalue weighted by atomic mass is 9.92. The number of benzene rings is 3. The molecule has 1 aliphatic rings. The zero-order valence-electron chi connectivity index (χ0n) is 17.4. The van der Waals surface area contributed by atoms with Crippen LogP contribution in [0.15, 0.2) is 84.9 Å². The maximum atomic E-state index is 13.0. The van der Waals surface area contributed by atoms with Crippen molar-refractivity contribution in [3.63, 3.8) is 0 Å². The zero-order valence-corrected chi connectivity index (χ0v) is 17.4. The maximum Gasteiger partial charge on any atom is 0.325 e. The summed E-state index contributed by atoms with van der Waals surface area (Å²) < 4.78 is 0. The van der Waals surface area contributed by atoms with Gasteiger partial charge in [0.2, 0.25) is 5.91 Å². The summed E-state index contributed by atoms with van der Waals surface area (Å²) >= 11 is 0. The second-order valence-electron chi connectivity index (χ2n) is 7.60. The summed E-state index contributed by atoms with van der Waals surface area (Å²) in [5.41, 5.74) is 0.490. The first-order valence-corrected chi connectivity index (χ1v) is 10.1. The van der Waals surface area contributed by atoms with Crippen molar-refractivity contribution in [1.82, 2.24) is 10.2 Å². The van der Waals surface area contributed by atoms with Crippen molar-refractivity contribution in [3.05, 3.63) is 102 Å². The van der Waals surface area contributed by atoms with Gasteiger partial charge in [-0.15, -0.1) is 0 Å². The lowest BCUT2D eigenvalue weighted by Crippen LogP contribution is -2.42. The van der Waals surface area contributed by atoms with Crippen LogP contribution in [0.2, 0.25) is 0 Å². The Morgan fingerprint density at radius 3 is 2.16 bits per heavy atom. The highest BCUT2D eigenvalue weighted by molar-refractivity contribution is 6.15. The fourth-order valence-electron chi connectivity index (χ4n) is 3.68. The van der Waals surface area contributed by atoms with Gasteiger partial charge in [0.05, 0.1) is 5.69 Å². The highest BCUT2D eigenvalue weighted by Gasteiger charge is 2.49. The number of hydrogen-bond acceptors (Lipinski definition) is 4. The molecule has 0 saturated carbocycles. The number of rotatable bonds is 6. The van der Waals surface area contributed by atoms with Crippen LogP contribution < -0.4 is 10.6 Å². The molecule has 0 radical (unpaired) electrons. The predicted octanol–water partition coefficient (Wildman–Crippen LogP) is 3.32. The van der Waals surface area contributed by atoms with E-state index in [9.17, 15) is 19.2 Å². The van der Waals surface area contributed by atoms with Crippen molar-refractivity contribution >= 4 is 29.3 Å². The number of nitrogens with zero attached hydrogens (tertiary/aromatic N) is 1. The third kappa shape index (κ3) is 3.88. The van der Waals surface area contributed by atoms with Crippen LogP contribution in [0.25, 0.3) is 0 Å². The van der Waals surface area contributed by atoms with Gasteiger partial charge >= 0.3 is 6.03 Å². The molecule has 0 bridgehead atoms. The summed E-state index contributed by atoms with van der Waals surface area (Å²) in [6, 6.07) is 23.5. The summed E-state index contributed by atoms with van der Waals surface area (Å²) in [6.45, 7) is 1.13. The van der Waals surface area contributed by atoms with Gasteiger partial charge in [0, 0.05) is 11.1 Å². The van der Waals surface area contributed by atoms with Crippen LogP contribution in [-0.4, -0.2) is 35.1 Å². The van der Waals surface area contributed by atoms with Crippen molar-refractivity contribution in [1.29, 1.82) is 0 Å². The molecule has 3 aromatic carbocycles. The van der Waals surface area contributed by atoms with E-state index in [1.165, 1.54) is 0 Å². The smallest absolute Gasteiger partial charge is 0.324 e. The molecular formula is C25H21N3O4. The first-order chi connectivity index (χ1) is 15.4. The average molecular weight is 427 g/mol. The summed E-state index contributed by atoms with van der Waals surface area (Å²) in [4.78, 5) is 51.9. The molecule has 1 atom stereocenters. The number of para-hydroxylation sites is 1. The largest absolute Gasteiger partial charge is 0.325 e. The first kappa shape index (κ1) is 21.0. The molecule has 0 unspecified atom stereocenters. The van der Waals surface area contributed by atoms with Crippen molar-refractivity contribution in [2.75, 3.05) is 11.9 Å². The fourth-order valence-corrected chi connectivity index (χ4v) is 3.68. The van der Waals surface area contributed by atoms with Crippen molar-refractivity contribution in [2.24, 2.45) is 0 Å². The van der Waals surface area contributed by atoms with Crippen molar-refractivity contribution < 1.29 is 19.2 Å². The Kier molecular flexibility index (Phi) is 5.55. The molecule has 1 heterocycles. The number of imide groups is 1. The van der Waals surface area contributed by atoms with Gasteiger partial charge in [0.15, 0.2) is 5.78 Å². The minimum absolute atomic E-state index is 0.242. The molecule has 1 aliphatic heterocycles. The van der Waals surface area contributed by atoms with E-state index in [0.717, 1.165) is 4.90 Å². The molecular weight excluding hydrogens is 406 g/mol. The molecule has 7 nitrogen and oxygen atoms in total. The average Bonchev–Trinajstić information content (AvgIpc) is 3.04. The van der Waals surface area contributed by atoms with Crippen LogP contribution in [0.1, 0.15) is 28.4 Å². The Balaban J connectivity index is 1.51. The number of nitrogens with one attached hydrogen (secondary N) is 2. The van der Waals surface area contributed by atoms with E-state index in [1.807, 2.05) is 12.1 Å². The van der Waals surface area contributed by atoms with E-state index in [0.29, 0.717) is 22.4 Å². The van der Waals surface area contributed by atoms with Crippen LogP contribution in [0.3, 0.4) is 0 Å². The Labute approximate surface area is 185 Å². The van der Waals surface area contributed by atoms with Crippen LogP contribution in [0, 0.1) is 0 Å². The number of urea groups is 1. The highest BCUT2D eigenvalue weighted by atomic mass is 16.2. The summed E-state index contributed by atoms with van der Waals surface area (Å²) in [7, 11) is 0. The van der Waals surface area contributed by atoms with E-state index in [4.69, 9.17) is 0 Å². The van der Waals surface area contributed by atoms with Crippen LogP contribution >= 0.6 is 0 Å². The van der Waals surface area contributed by atoms with Crippen LogP contribution in [-0.2, 0) is 15.1 Å². The van der Waals surface area contributed by atoms with Crippen LogP contribution in [0.5, 0.6) is 0 Å². The molecule has 32 heavy (non-hydrogen) atoms. The summed E-state index contributed by atoms with van der Waals surface area (Å²) in [5, 5.41) is 5.33. The van der Waals surface area contributed by atoms with Gasteiger partial charge < -0.3 is 10.6 Å². The molecule has 160 valence electrons. The number of carbonyl (C=O) groups excluding carboxylic acids is 4. The molecule has 4 amide bonds. The lowest BCUT2D eigenvalue weighted by Gasteiger charge is -2.22. The molecule has 4 rings (SSSR count). The molecule has 1 saturated heterocycles. The van der Waals surface area contributed by atoms with E-state index >= 15 is 0 Å². The van der Waals surface area contributed by atoms with Gasteiger partial charge in [-0.3, -0.25) is 19.3 Å². The van der Waals surface area contributed by atoms with Gasteiger partial charge in [-0.1, -0.05) is 72.8 Å². The standard InChI is InChI=1S/C25H21N3O4/c1-25(18-12-6-3-7-13-18)23(31)28(24(32)27-25)16-21(29)26-20-15-9-8-14-19(20)22(30)17-10-4-2-5-11-17/h2-15H,16H2,1H3,(H,26,29)(H,27,32)/t25-/m0/s1. The highest BCUT2D eigenvalue weighted by Crippen LogP contribution is 2.28. The van der Waals surface area contributed by atoms with E-state index in [-0.39, 0.29) is 5.78 Å². The van der Waals surface area contributed by atoms with E-state index in [1.54, 1.807) is 79.7 Å². The number of hydrogen-bond donors (Lipinski definition) is 2. The number of carbonyl (C=O) groups is 4. The molecule has 2 N–H and O–H groups in total. The zero-order chi connectivity index (χ0) is 22.7. The normalized spacial score (nSPS) is 17.7. The SMILES string of the molecule is C[C@@]1(c2ccccc2)NC(=O)N(CC(=O)Nc2ccccc2C(=O)c2ccccc2)C1=O. The molecule has 0 spiro atoms. The van der Waals surface area contributed by atoms with Gasteiger partial charge in [0.1, 0.15) is 12.1 Å². The maximum absolute atomic E-state index is 13.0. The van der Waals surface area contributed by atoms with Gasteiger partial charge in [0.25, 0.3) is 5.91 Å². The van der Waals surface area contributed by atoms with Crippen LogP contribution in [0.4, 0.5) is 10.5 Å². The number of anilines is 1. The Morgan fingerprint density at radius 1 is 0.875 bits per heavy atom. The summed E-state index contributed by atoms with van der Waals surface area (Å²) in [6.07, 6.45) is 0. The number of ketones is 1. The van der Waals surface area contributed by atoms with E-state index in [2.05, 4.69) is 10.6 Å². The van der Waals surface area contributed by atoms with Gasteiger partial charge in [-0.25, -0.2) is 4.79 Å². The fraction of sp³-hybridized carbons (Fsp3) is 0.120. The van der Waals surface area contributed by atoms with Crippen molar-refractivity contribution in [2.45, 2.75) is 12.5 Å². The van der Waals surface area contributed by atoms with Gasteiger partial charge in [-0.2, -0.15) is 0 Å². The third-order valence-electron chi connectivity index (χ3n) is 5.41. The Hall–Kier alpha value is -4.26. The van der Waals surface area contributed by atoms with Crippen molar-refractivity contribution in [3.8, 4) is 0 Å². The quantitative estimate of drug-likeness (QED) is 0.466. The lowest BCUT2D eigenvalue weighted by molar-refractivity contribution is -0.133. The molecule has 3 aromatic rings. The molecule has 7 heteroatoms. The second-order valence-corrected chi connectivity index (χ2v) is 7.60. The monoisotopic (exact) mass is 427 g/mol. The Morgan fingerprint density at radius 2 is 1.47 bits per heavy atom. The minimum atomic E-state index is -1.25. The Bertz CT molecular complexity index is 1190. The number of amides is 4. The van der Waals surface area contributed by atoms with Gasteiger partial charge in [-0.05, 0) is 24.6 Å². The molecule has 1 fully saturated rings. The van der Waals surface area contributed by atoms with E-state index < -0.39 is 29.9 Å².